The first-order chi connectivity index (χ1) is 8.82. The molecule has 0 spiro atoms. The molecule has 0 radical (unpaired) electrons. The lowest BCUT2D eigenvalue weighted by Gasteiger charge is -2.22. The summed E-state index contributed by atoms with van der Waals surface area (Å²) in [5, 5.41) is 18.8. The normalized spacial score (nSPS) is 10.5. The lowest BCUT2D eigenvalue weighted by atomic mass is 10.1. The minimum Gasteiger partial charge on any atom is -0.398 e. The van der Waals surface area contributed by atoms with Crippen LogP contribution in [-0.4, -0.2) is 54.8 Å². The molecule has 0 heterocycles. The smallest absolute Gasteiger partial charge is 0.270 e. The zero-order valence-corrected chi connectivity index (χ0v) is 11.4. The number of nitro groups is 1. The summed E-state index contributed by atoms with van der Waals surface area (Å²) in [4.78, 5) is 14.0. The van der Waals surface area contributed by atoms with Crippen molar-refractivity contribution in [1.82, 2.24) is 9.80 Å². The first-order valence-electron chi connectivity index (χ1n) is 5.81. The third kappa shape index (κ3) is 3.92. The van der Waals surface area contributed by atoms with E-state index in [-0.39, 0.29) is 11.5 Å². The van der Waals surface area contributed by atoms with Crippen LogP contribution in [0.2, 0.25) is 0 Å². The Bertz CT molecular complexity index is 487. The molecular formula is C12H19N5O2. The van der Waals surface area contributed by atoms with E-state index in [2.05, 4.69) is 0 Å². The largest absolute Gasteiger partial charge is 0.398 e. The maximum absolute atomic E-state index is 10.7. The van der Waals surface area contributed by atoms with E-state index in [0.717, 1.165) is 6.54 Å². The molecule has 0 saturated carbocycles. The van der Waals surface area contributed by atoms with Crippen molar-refractivity contribution in [1.29, 1.82) is 5.41 Å². The van der Waals surface area contributed by atoms with Gasteiger partial charge in [0.2, 0.25) is 0 Å². The molecule has 0 fully saturated rings. The number of non-ortho nitro benzene ring substituents is 1. The number of amidine groups is 1. The number of hydrogen-bond acceptors (Lipinski definition) is 5. The highest BCUT2D eigenvalue weighted by Gasteiger charge is 2.15. The molecule has 0 unspecified atom stereocenters. The zero-order chi connectivity index (χ0) is 14.6. The van der Waals surface area contributed by atoms with Crippen molar-refractivity contribution >= 4 is 17.2 Å². The van der Waals surface area contributed by atoms with Crippen LogP contribution in [0.3, 0.4) is 0 Å². The van der Waals surface area contributed by atoms with Gasteiger partial charge in [-0.25, -0.2) is 0 Å². The molecule has 0 aromatic heterocycles. The fraction of sp³-hybridized carbons (Fsp3) is 0.417. The standard InChI is InChI=1S/C12H19N5O2/c1-15(2)6-7-16(3)12(14)10-8-9(17(18)19)4-5-11(10)13/h4-5,8,14H,6-7,13H2,1-3H3. The minimum atomic E-state index is -0.490. The molecule has 1 rings (SSSR count). The van der Waals surface area contributed by atoms with Crippen molar-refractivity contribution < 1.29 is 4.92 Å². The van der Waals surface area contributed by atoms with Gasteiger partial charge in [-0.3, -0.25) is 15.5 Å². The summed E-state index contributed by atoms with van der Waals surface area (Å²) in [7, 11) is 5.66. The number of hydrogen-bond donors (Lipinski definition) is 2. The second kappa shape index (κ2) is 6.14. The summed E-state index contributed by atoms with van der Waals surface area (Å²) >= 11 is 0. The number of nitrogens with one attached hydrogen (secondary N) is 1. The van der Waals surface area contributed by atoms with Gasteiger partial charge >= 0.3 is 0 Å². The fourth-order valence-corrected chi connectivity index (χ4v) is 1.53. The van der Waals surface area contributed by atoms with Crippen LogP contribution in [0.15, 0.2) is 18.2 Å². The van der Waals surface area contributed by atoms with Crippen molar-refractivity contribution in [3.8, 4) is 0 Å². The van der Waals surface area contributed by atoms with Crippen molar-refractivity contribution in [2.45, 2.75) is 0 Å². The van der Waals surface area contributed by atoms with E-state index in [1.807, 2.05) is 19.0 Å². The second-order valence-corrected chi connectivity index (χ2v) is 4.60. The summed E-state index contributed by atoms with van der Waals surface area (Å²) in [6.45, 7) is 1.43. The molecule has 0 atom stereocenters. The molecule has 0 bridgehead atoms. The predicted molar refractivity (Wildman–Crippen MR) is 75.5 cm³/mol. The lowest BCUT2D eigenvalue weighted by Crippen LogP contribution is -2.33. The summed E-state index contributed by atoms with van der Waals surface area (Å²) in [6.07, 6.45) is 0. The molecule has 7 heteroatoms. The number of anilines is 1. The molecule has 0 aliphatic carbocycles. The third-order valence-corrected chi connectivity index (χ3v) is 2.77. The highest BCUT2D eigenvalue weighted by molar-refractivity contribution is 6.01. The molecule has 0 aliphatic heterocycles. The molecule has 0 aliphatic rings. The number of nitrogens with two attached hydrogens (primary N) is 1. The summed E-state index contributed by atoms with van der Waals surface area (Å²) in [5.41, 5.74) is 6.48. The molecule has 1 aromatic carbocycles. The first kappa shape index (κ1) is 14.9. The molecule has 19 heavy (non-hydrogen) atoms. The van der Waals surface area contributed by atoms with Gasteiger partial charge in [0.15, 0.2) is 0 Å². The lowest BCUT2D eigenvalue weighted by molar-refractivity contribution is -0.384. The van der Waals surface area contributed by atoms with Gasteiger partial charge < -0.3 is 15.5 Å². The van der Waals surface area contributed by atoms with Gasteiger partial charge in [0.25, 0.3) is 5.69 Å². The Morgan fingerprint density at radius 3 is 2.53 bits per heavy atom. The van der Waals surface area contributed by atoms with Crippen LogP contribution < -0.4 is 5.73 Å². The summed E-state index contributed by atoms with van der Waals surface area (Å²) in [5.74, 6) is 0.183. The van der Waals surface area contributed by atoms with Crippen LogP contribution in [0, 0.1) is 15.5 Å². The maximum atomic E-state index is 10.7. The quantitative estimate of drug-likeness (QED) is 0.272. The fourth-order valence-electron chi connectivity index (χ4n) is 1.53. The van der Waals surface area contributed by atoms with Crippen LogP contribution in [0.5, 0.6) is 0 Å². The van der Waals surface area contributed by atoms with Crippen LogP contribution in [0.4, 0.5) is 11.4 Å². The van der Waals surface area contributed by atoms with Gasteiger partial charge in [-0.05, 0) is 20.2 Å². The Labute approximate surface area is 112 Å². The molecule has 0 amide bonds. The SMILES string of the molecule is CN(C)CCN(C)C(=N)c1cc([N+](=O)[O-])ccc1N. The number of benzene rings is 1. The highest BCUT2D eigenvalue weighted by atomic mass is 16.6. The van der Waals surface area contributed by atoms with Crippen molar-refractivity contribution in [3.63, 3.8) is 0 Å². The van der Waals surface area contributed by atoms with Gasteiger partial charge in [-0.2, -0.15) is 0 Å². The molecule has 0 saturated heterocycles. The topological polar surface area (TPSA) is 99.5 Å². The van der Waals surface area contributed by atoms with E-state index in [1.54, 1.807) is 11.9 Å². The Morgan fingerprint density at radius 1 is 1.37 bits per heavy atom. The maximum Gasteiger partial charge on any atom is 0.270 e. The Kier molecular flexibility index (Phi) is 4.82. The molecule has 7 nitrogen and oxygen atoms in total. The van der Waals surface area contributed by atoms with Crippen molar-refractivity contribution in [2.24, 2.45) is 0 Å². The molecular weight excluding hydrogens is 246 g/mol. The summed E-state index contributed by atoms with van der Waals surface area (Å²) < 4.78 is 0. The first-order valence-corrected chi connectivity index (χ1v) is 5.81. The van der Waals surface area contributed by atoms with Crippen LogP contribution in [-0.2, 0) is 0 Å². The van der Waals surface area contributed by atoms with E-state index in [0.29, 0.717) is 17.8 Å². The zero-order valence-electron chi connectivity index (χ0n) is 11.4. The third-order valence-electron chi connectivity index (χ3n) is 2.77. The van der Waals surface area contributed by atoms with Gasteiger partial charge in [0.05, 0.1) is 4.92 Å². The predicted octanol–water partition coefficient (Wildman–Crippen LogP) is 0.996. The molecule has 104 valence electrons. The van der Waals surface area contributed by atoms with Crippen LogP contribution in [0.25, 0.3) is 0 Å². The Morgan fingerprint density at radius 2 is 2.00 bits per heavy atom. The second-order valence-electron chi connectivity index (χ2n) is 4.60. The van der Waals surface area contributed by atoms with Gasteiger partial charge in [0.1, 0.15) is 5.84 Å². The van der Waals surface area contributed by atoms with Crippen LogP contribution in [0.1, 0.15) is 5.56 Å². The van der Waals surface area contributed by atoms with E-state index >= 15 is 0 Å². The Balaban J connectivity index is 2.92. The average molecular weight is 265 g/mol. The van der Waals surface area contributed by atoms with Crippen molar-refractivity contribution in [3.05, 3.63) is 33.9 Å². The number of likely N-dealkylation sites (N-methyl/N-ethyl adjacent to an activating group) is 2. The average Bonchev–Trinajstić information content (AvgIpc) is 2.35. The monoisotopic (exact) mass is 265 g/mol. The van der Waals surface area contributed by atoms with E-state index in [4.69, 9.17) is 11.1 Å². The van der Waals surface area contributed by atoms with Crippen LogP contribution >= 0.6 is 0 Å². The number of rotatable bonds is 5. The highest BCUT2D eigenvalue weighted by Crippen LogP contribution is 2.20. The summed E-state index contributed by atoms with van der Waals surface area (Å²) in [6, 6.07) is 4.14. The number of nitrogen functional groups attached to an aromatic ring is 1. The van der Waals surface area contributed by atoms with Crippen molar-refractivity contribution in [2.75, 3.05) is 40.0 Å². The number of nitrogens with zero attached hydrogens (tertiary/aromatic N) is 3. The minimum absolute atomic E-state index is 0.0602. The van der Waals surface area contributed by atoms with Gasteiger partial charge in [-0.1, -0.05) is 0 Å². The molecule has 3 N–H and O–H groups in total. The van der Waals surface area contributed by atoms with Gasteiger partial charge in [0, 0.05) is 43.5 Å². The van der Waals surface area contributed by atoms with E-state index in [9.17, 15) is 10.1 Å². The van der Waals surface area contributed by atoms with E-state index < -0.39 is 4.92 Å². The Hall–Kier alpha value is -2.15. The molecule has 1 aromatic rings. The number of nitro benzene ring substituents is 1. The van der Waals surface area contributed by atoms with E-state index in [1.165, 1.54) is 18.2 Å². The van der Waals surface area contributed by atoms with Gasteiger partial charge in [-0.15, -0.1) is 0 Å².